The number of aryl methyl sites for hydroxylation is 1. The molecular formula is C19H15F2NO3S. The van der Waals surface area contributed by atoms with Crippen LogP contribution in [-0.2, 0) is 11.3 Å². The monoisotopic (exact) mass is 375 g/mol. The molecule has 0 aliphatic heterocycles. The van der Waals surface area contributed by atoms with Gasteiger partial charge in [-0.25, -0.2) is 9.78 Å². The summed E-state index contributed by atoms with van der Waals surface area (Å²) in [6.07, 6.45) is 0. The second kappa shape index (κ2) is 8.05. The first-order valence-electron chi connectivity index (χ1n) is 7.75. The van der Waals surface area contributed by atoms with Crippen molar-refractivity contribution < 1.29 is 23.0 Å². The van der Waals surface area contributed by atoms with Crippen LogP contribution in [0.1, 0.15) is 21.6 Å². The molecule has 0 unspecified atom stereocenters. The molecule has 134 valence electrons. The van der Waals surface area contributed by atoms with Crippen LogP contribution in [-0.4, -0.2) is 17.6 Å². The standard InChI is InChI=1S/C19H15F2NO3S/c1-12-6-8-13(9-7-12)17-22-14(11-26-17)10-24-18(23)15-4-2-3-5-16(15)25-19(20)21/h2-9,11,19H,10H2,1H3. The van der Waals surface area contributed by atoms with Crippen LogP contribution in [0.4, 0.5) is 8.78 Å². The molecule has 26 heavy (non-hydrogen) atoms. The number of thiazole rings is 1. The lowest BCUT2D eigenvalue weighted by Crippen LogP contribution is -2.10. The lowest BCUT2D eigenvalue weighted by Gasteiger charge is -2.09. The summed E-state index contributed by atoms with van der Waals surface area (Å²) in [6, 6.07) is 13.7. The first kappa shape index (κ1) is 18.0. The number of para-hydroxylation sites is 1. The van der Waals surface area contributed by atoms with E-state index in [0.29, 0.717) is 5.69 Å². The molecule has 0 spiro atoms. The molecule has 3 rings (SSSR count). The molecule has 1 aromatic heterocycles. The van der Waals surface area contributed by atoms with E-state index in [9.17, 15) is 13.6 Å². The van der Waals surface area contributed by atoms with Gasteiger partial charge in [-0.1, -0.05) is 42.0 Å². The highest BCUT2D eigenvalue weighted by molar-refractivity contribution is 7.13. The van der Waals surface area contributed by atoms with E-state index in [4.69, 9.17) is 4.74 Å². The molecule has 0 N–H and O–H groups in total. The highest BCUT2D eigenvalue weighted by Gasteiger charge is 2.17. The van der Waals surface area contributed by atoms with Crippen molar-refractivity contribution >= 4 is 17.3 Å². The van der Waals surface area contributed by atoms with Gasteiger partial charge in [-0.3, -0.25) is 0 Å². The van der Waals surface area contributed by atoms with Gasteiger partial charge < -0.3 is 9.47 Å². The van der Waals surface area contributed by atoms with Crippen LogP contribution in [0.2, 0.25) is 0 Å². The fourth-order valence-electron chi connectivity index (χ4n) is 2.25. The number of ether oxygens (including phenoxy) is 2. The number of aromatic nitrogens is 1. The summed E-state index contributed by atoms with van der Waals surface area (Å²) in [7, 11) is 0. The number of halogens is 2. The van der Waals surface area contributed by atoms with Crippen molar-refractivity contribution in [1.82, 2.24) is 4.98 Å². The molecule has 1 heterocycles. The predicted octanol–water partition coefficient (Wildman–Crippen LogP) is 5.08. The maximum atomic E-state index is 12.4. The Morgan fingerprint density at radius 1 is 1.15 bits per heavy atom. The van der Waals surface area contributed by atoms with Gasteiger partial charge in [0.15, 0.2) is 0 Å². The molecule has 0 bridgehead atoms. The summed E-state index contributed by atoms with van der Waals surface area (Å²) < 4.78 is 34.4. The van der Waals surface area contributed by atoms with Crippen molar-refractivity contribution in [2.75, 3.05) is 0 Å². The maximum absolute atomic E-state index is 12.4. The Balaban J connectivity index is 1.66. The van der Waals surface area contributed by atoms with Crippen LogP contribution in [0, 0.1) is 6.92 Å². The minimum absolute atomic E-state index is 0.0514. The highest BCUT2D eigenvalue weighted by atomic mass is 32.1. The number of carbonyl (C=O) groups is 1. The smallest absolute Gasteiger partial charge is 0.387 e. The topological polar surface area (TPSA) is 48.4 Å². The van der Waals surface area contributed by atoms with E-state index >= 15 is 0 Å². The second-order valence-corrected chi connectivity index (χ2v) is 6.32. The van der Waals surface area contributed by atoms with Crippen LogP contribution < -0.4 is 4.74 Å². The van der Waals surface area contributed by atoms with Crippen molar-refractivity contribution in [3.63, 3.8) is 0 Å². The van der Waals surface area contributed by atoms with E-state index in [1.54, 1.807) is 11.4 Å². The number of hydrogen-bond donors (Lipinski definition) is 0. The Bertz CT molecular complexity index is 894. The van der Waals surface area contributed by atoms with Gasteiger partial charge in [0.05, 0.1) is 5.69 Å². The van der Waals surface area contributed by atoms with Crippen molar-refractivity contribution in [1.29, 1.82) is 0 Å². The number of alkyl halides is 2. The first-order chi connectivity index (χ1) is 12.5. The average molecular weight is 375 g/mol. The van der Waals surface area contributed by atoms with Crippen molar-refractivity contribution in [3.05, 3.63) is 70.7 Å². The zero-order chi connectivity index (χ0) is 18.5. The normalized spacial score (nSPS) is 10.8. The molecule has 0 aliphatic carbocycles. The van der Waals surface area contributed by atoms with Crippen molar-refractivity contribution in [2.45, 2.75) is 20.1 Å². The molecule has 0 atom stereocenters. The Morgan fingerprint density at radius 3 is 2.62 bits per heavy atom. The number of hydrogen-bond acceptors (Lipinski definition) is 5. The van der Waals surface area contributed by atoms with E-state index in [1.165, 1.54) is 29.5 Å². The van der Waals surface area contributed by atoms with Gasteiger partial charge in [-0.05, 0) is 19.1 Å². The van der Waals surface area contributed by atoms with Crippen molar-refractivity contribution in [2.24, 2.45) is 0 Å². The van der Waals surface area contributed by atoms with Crippen LogP contribution in [0.25, 0.3) is 10.6 Å². The summed E-state index contributed by atoms with van der Waals surface area (Å²) in [4.78, 5) is 16.6. The Hall–Kier alpha value is -2.80. The van der Waals surface area contributed by atoms with E-state index < -0.39 is 12.6 Å². The molecule has 7 heteroatoms. The van der Waals surface area contributed by atoms with E-state index in [0.717, 1.165) is 16.1 Å². The van der Waals surface area contributed by atoms with Gasteiger partial charge in [0.25, 0.3) is 0 Å². The molecule has 3 aromatic rings. The summed E-state index contributed by atoms with van der Waals surface area (Å²) in [5.41, 5.74) is 2.67. The zero-order valence-corrected chi connectivity index (χ0v) is 14.6. The van der Waals surface area contributed by atoms with Crippen LogP contribution >= 0.6 is 11.3 Å². The number of esters is 1. The van der Waals surface area contributed by atoms with E-state index in [2.05, 4.69) is 9.72 Å². The SMILES string of the molecule is Cc1ccc(-c2nc(COC(=O)c3ccccc3OC(F)F)cs2)cc1. The fourth-order valence-corrected chi connectivity index (χ4v) is 3.06. The Kier molecular flexibility index (Phi) is 5.58. The molecule has 0 radical (unpaired) electrons. The quantitative estimate of drug-likeness (QED) is 0.564. The highest BCUT2D eigenvalue weighted by Crippen LogP contribution is 2.25. The molecular weight excluding hydrogens is 360 g/mol. The van der Waals surface area contributed by atoms with E-state index in [-0.39, 0.29) is 17.9 Å². The third kappa shape index (κ3) is 4.43. The van der Waals surface area contributed by atoms with Gasteiger partial charge in [0, 0.05) is 10.9 Å². The molecule has 4 nitrogen and oxygen atoms in total. The largest absolute Gasteiger partial charge is 0.455 e. The summed E-state index contributed by atoms with van der Waals surface area (Å²) in [6.45, 7) is -1.06. The molecule has 0 saturated heterocycles. The molecule has 0 amide bonds. The van der Waals surface area contributed by atoms with Gasteiger partial charge in [0.2, 0.25) is 0 Å². The number of carbonyl (C=O) groups excluding carboxylic acids is 1. The third-order valence-corrected chi connectivity index (χ3v) is 4.46. The van der Waals surface area contributed by atoms with E-state index in [1.807, 2.05) is 31.2 Å². The summed E-state index contributed by atoms with van der Waals surface area (Å²) in [5, 5.41) is 2.61. The molecule has 0 aliphatic rings. The molecule has 0 fully saturated rings. The lowest BCUT2D eigenvalue weighted by atomic mass is 10.2. The number of benzene rings is 2. The van der Waals surface area contributed by atoms with Crippen LogP contribution in [0.15, 0.2) is 53.9 Å². The minimum Gasteiger partial charge on any atom is -0.455 e. The molecule has 0 saturated carbocycles. The van der Waals surface area contributed by atoms with Gasteiger partial charge in [0.1, 0.15) is 22.9 Å². The lowest BCUT2D eigenvalue weighted by molar-refractivity contribution is -0.0505. The van der Waals surface area contributed by atoms with Crippen LogP contribution in [0.5, 0.6) is 5.75 Å². The fraction of sp³-hybridized carbons (Fsp3) is 0.158. The Morgan fingerprint density at radius 2 is 1.88 bits per heavy atom. The molecule has 2 aromatic carbocycles. The number of nitrogens with zero attached hydrogens (tertiary/aromatic N) is 1. The second-order valence-electron chi connectivity index (χ2n) is 5.46. The van der Waals surface area contributed by atoms with Crippen molar-refractivity contribution in [3.8, 4) is 16.3 Å². The van der Waals surface area contributed by atoms with Gasteiger partial charge >= 0.3 is 12.6 Å². The third-order valence-electron chi connectivity index (χ3n) is 3.52. The Labute approximate surface area is 153 Å². The number of rotatable bonds is 6. The maximum Gasteiger partial charge on any atom is 0.387 e. The average Bonchev–Trinajstić information content (AvgIpc) is 3.09. The first-order valence-corrected chi connectivity index (χ1v) is 8.63. The van der Waals surface area contributed by atoms with Gasteiger partial charge in [-0.2, -0.15) is 8.78 Å². The zero-order valence-electron chi connectivity index (χ0n) is 13.8. The summed E-state index contributed by atoms with van der Waals surface area (Å²) >= 11 is 1.44. The predicted molar refractivity (Wildman–Crippen MR) is 94.5 cm³/mol. The minimum atomic E-state index is -3.01. The van der Waals surface area contributed by atoms with Crippen LogP contribution in [0.3, 0.4) is 0 Å². The van der Waals surface area contributed by atoms with Gasteiger partial charge in [-0.15, -0.1) is 11.3 Å². The summed E-state index contributed by atoms with van der Waals surface area (Å²) in [5.74, 6) is -0.961.